The van der Waals surface area contributed by atoms with Crippen molar-refractivity contribution < 1.29 is 0 Å². The Kier molecular flexibility index (Phi) is 7.36. The van der Waals surface area contributed by atoms with Crippen molar-refractivity contribution in [1.29, 1.82) is 0 Å². The van der Waals surface area contributed by atoms with Gasteiger partial charge in [-0.05, 0) is 19.3 Å². The van der Waals surface area contributed by atoms with E-state index in [4.69, 9.17) is 12.2 Å². The first-order valence-corrected chi connectivity index (χ1v) is 6.39. The minimum Gasteiger partial charge on any atom is -0.376 e. The fourth-order valence-electron chi connectivity index (χ4n) is 0.588. The normalized spacial score (nSPS) is 9.17. The summed E-state index contributed by atoms with van der Waals surface area (Å²) in [6.45, 7) is 6.58. The molecular weight excluding hydrogens is 202 g/mol. The van der Waals surface area contributed by atoms with Crippen LogP contribution in [0.2, 0.25) is 6.55 Å². The van der Waals surface area contributed by atoms with Crippen molar-refractivity contribution in [3.63, 3.8) is 0 Å². The van der Waals surface area contributed by atoms with E-state index in [1.165, 1.54) is 0 Å². The maximum atomic E-state index is 5.15. The van der Waals surface area contributed by atoms with Crippen LogP contribution in [0.25, 0.3) is 0 Å². The van der Waals surface area contributed by atoms with E-state index < -0.39 is 0 Å². The molecule has 12 heavy (non-hydrogen) atoms. The van der Waals surface area contributed by atoms with Gasteiger partial charge in [0.05, 0.1) is 0 Å². The van der Waals surface area contributed by atoms with Crippen molar-refractivity contribution in [3.8, 4) is 0 Å². The summed E-state index contributed by atoms with van der Waals surface area (Å²) in [7, 11) is 3.05. The van der Waals surface area contributed by atoms with Crippen LogP contribution in [0, 0.1) is 0 Å². The zero-order valence-corrected chi connectivity index (χ0v) is 10.2. The number of nitrogens with zero attached hydrogens (tertiary/aromatic N) is 1. The van der Waals surface area contributed by atoms with Crippen LogP contribution in [0.1, 0.15) is 0 Å². The molecule has 66 valence electrons. The van der Waals surface area contributed by atoms with Crippen molar-refractivity contribution in [2.75, 3.05) is 13.6 Å². The second kappa shape index (κ2) is 7.47. The third-order valence-corrected chi connectivity index (χ3v) is 3.34. The Morgan fingerprint density at radius 1 is 1.75 bits per heavy atom. The van der Waals surface area contributed by atoms with Gasteiger partial charge in [0.2, 0.25) is 0 Å². The smallest absolute Gasteiger partial charge is 0.287 e. The largest absolute Gasteiger partial charge is 0.376 e. The van der Waals surface area contributed by atoms with Crippen LogP contribution in [0.5, 0.6) is 0 Å². The molecule has 0 unspecified atom stereocenters. The van der Waals surface area contributed by atoms with E-state index in [1.807, 2.05) is 13.1 Å². The molecule has 0 aliphatic carbocycles. The molecule has 0 aromatic rings. The molecule has 4 radical (unpaired) electrons. The molecule has 3 nitrogen and oxygen atoms in total. The second-order valence-electron chi connectivity index (χ2n) is 1.93. The first kappa shape index (κ1) is 11.8. The van der Waals surface area contributed by atoms with Gasteiger partial charge in [0.15, 0.2) is 14.8 Å². The molecule has 0 atom stereocenters. The Hall–Kier alpha value is -0.176. The summed E-state index contributed by atoms with van der Waals surface area (Å²) in [6, 6.07) is 0. The molecule has 6 heteroatoms. The zero-order chi connectivity index (χ0) is 9.40. The van der Waals surface area contributed by atoms with Gasteiger partial charge < -0.3 is 14.5 Å². The first-order chi connectivity index (χ1) is 5.76. The Balaban J connectivity index is 3.76. The highest BCUT2D eigenvalue weighted by Crippen LogP contribution is 1.86. The molecule has 0 amide bonds. The van der Waals surface area contributed by atoms with Crippen LogP contribution < -0.4 is 9.96 Å². The molecule has 0 spiro atoms. The Bertz CT molecular complexity index is 154. The number of thiocarbonyl (C=S) groups is 1. The van der Waals surface area contributed by atoms with Gasteiger partial charge >= 0.3 is 0 Å². The molecule has 0 saturated heterocycles. The molecular formula is C6H13N3SSi2. The quantitative estimate of drug-likeness (QED) is 0.376. The molecule has 0 fully saturated rings. The van der Waals surface area contributed by atoms with E-state index in [0.29, 0.717) is 19.5 Å². The van der Waals surface area contributed by atoms with E-state index in [9.17, 15) is 0 Å². The lowest BCUT2D eigenvalue weighted by Gasteiger charge is -2.21. The minimum atomic E-state index is 0.483. The molecule has 0 bridgehead atoms. The second-order valence-corrected chi connectivity index (χ2v) is 4.30. The van der Waals surface area contributed by atoms with Crippen molar-refractivity contribution in [1.82, 2.24) is 14.5 Å². The third-order valence-electron chi connectivity index (χ3n) is 1.12. The molecule has 0 aliphatic rings. The number of hydrogen-bond donors (Lipinski definition) is 2. The maximum Gasteiger partial charge on any atom is 0.287 e. The van der Waals surface area contributed by atoms with Gasteiger partial charge in [0.25, 0.3) is 9.84 Å². The van der Waals surface area contributed by atoms with Crippen molar-refractivity contribution >= 4 is 36.9 Å². The summed E-state index contributed by atoms with van der Waals surface area (Å²) in [4.78, 5) is 6.10. The lowest BCUT2D eigenvalue weighted by atomic mass is 10.6. The van der Waals surface area contributed by atoms with Crippen molar-refractivity contribution in [2.45, 2.75) is 6.55 Å². The fourth-order valence-corrected chi connectivity index (χ4v) is 2.14. The fraction of sp³-hybridized carbons (Fsp3) is 0.500. The van der Waals surface area contributed by atoms with E-state index in [1.54, 1.807) is 0 Å². The summed E-state index contributed by atoms with van der Waals surface area (Å²) < 4.78 is 2.08. The highest BCUT2D eigenvalue weighted by molar-refractivity contribution is 7.80. The average molecular weight is 215 g/mol. The zero-order valence-electron chi connectivity index (χ0n) is 7.35. The molecule has 0 aliphatic heterocycles. The predicted molar refractivity (Wildman–Crippen MR) is 59.1 cm³/mol. The highest BCUT2D eigenvalue weighted by atomic mass is 32.1. The number of hydrogen-bond acceptors (Lipinski definition) is 2. The molecule has 2 N–H and O–H groups in total. The molecule has 0 aromatic heterocycles. The maximum absolute atomic E-state index is 5.15. The van der Waals surface area contributed by atoms with Gasteiger partial charge in [0.1, 0.15) is 0 Å². The average Bonchev–Trinajstić information content (AvgIpc) is 2.10. The van der Waals surface area contributed by atoms with Crippen LogP contribution in [-0.4, -0.2) is 42.8 Å². The van der Waals surface area contributed by atoms with E-state index >= 15 is 0 Å². The summed E-state index contributed by atoms with van der Waals surface area (Å²) in [5, 5.41) is 0.795. The minimum absolute atomic E-state index is 0.483. The predicted octanol–water partition coefficient (Wildman–Crippen LogP) is -0.230. The van der Waals surface area contributed by atoms with E-state index in [0.717, 1.165) is 11.7 Å². The van der Waals surface area contributed by atoms with Gasteiger partial charge in [-0.15, -0.1) is 6.58 Å². The summed E-state index contributed by atoms with van der Waals surface area (Å²) in [5.41, 5.74) is 0. The van der Waals surface area contributed by atoms with Gasteiger partial charge in [-0.3, -0.25) is 0 Å². The van der Waals surface area contributed by atoms with Crippen LogP contribution in [0.15, 0.2) is 12.7 Å². The highest BCUT2D eigenvalue weighted by Gasteiger charge is 2.04. The van der Waals surface area contributed by atoms with Crippen molar-refractivity contribution in [3.05, 3.63) is 12.7 Å². The molecule has 0 saturated carbocycles. The third kappa shape index (κ3) is 4.65. The van der Waals surface area contributed by atoms with Gasteiger partial charge in [0, 0.05) is 6.54 Å². The SMILES string of the molecule is C=CCN([Si]C)C(=S)N[Si]NC. The Labute approximate surface area is 84.5 Å². The topological polar surface area (TPSA) is 27.3 Å². The molecule has 0 aromatic carbocycles. The lowest BCUT2D eigenvalue weighted by molar-refractivity contribution is 0.719. The monoisotopic (exact) mass is 215 g/mol. The van der Waals surface area contributed by atoms with Gasteiger partial charge in [-0.1, -0.05) is 12.6 Å². The van der Waals surface area contributed by atoms with E-state index in [-0.39, 0.29) is 0 Å². The summed E-state index contributed by atoms with van der Waals surface area (Å²) in [6.07, 6.45) is 1.85. The Morgan fingerprint density at radius 3 is 2.83 bits per heavy atom. The molecule has 0 heterocycles. The number of nitrogens with one attached hydrogen (secondary N) is 2. The van der Waals surface area contributed by atoms with Crippen LogP contribution in [0.4, 0.5) is 0 Å². The Morgan fingerprint density at radius 2 is 2.42 bits per heavy atom. The van der Waals surface area contributed by atoms with Crippen molar-refractivity contribution in [2.24, 2.45) is 0 Å². The van der Waals surface area contributed by atoms with Gasteiger partial charge in [-0.25, -0.2) is 0 Å². The summed E-state index contributed by atoms with van der Waals surface area (Å²) in [5.74, 6) is 0. The molecule has 0 rings (SSSR count). The van der Waals surface area contributed by atoms with Crippen LogP contribution in [-0.2, 0) is 0 Å². The number of rotatable bonds is 5. The lowest BCUT2D eigenvalue weighted by Crippen LogP contribution is -2.45. The standard InChI is InChI=1S/C6H13N3SSi2/c1-4-5-9(11-3)6(10)8-12-7-2/h4,7H,1,5H2,2-3H3,(H,8,10). The summed E-state index contributed by atoms with van der Waals surface area (Å²) >= 11 is 5.15. The van der Waals surface area contributed by atoms with Gasteiger partial charge in [-0.2, -0.15) is 0 Å². The van der Waals surface area contributed by atoms with E-state index in [2.05, 4.69) is 27.7 Å². The van der Waals surface area contributed by atoms with Crippen LogP contribution >= 0.6 is 12.2 Å². The first-order valence-electron chi connectivity index (χ1n) is 3.53. The van der Waals surface area contributed by atoms with Crippen LogP contribution in [0.3, 0.4) is 0 Å².